The van der Waals surface area contributed by atoms with Crippen molar-refractivity contribution in [2.45, 2.75) is 13.3 Å². The number of amides is 1. The van der Waals surface area contributed by atoms with Crippen molar-refractivity contribution in [1.82, 2.24) is 19.7 Å². The number of ether oxygens (including phenoxy) is 1. The number of nitrogens with zero attached hydrogens (tertiary/aromatic N) is 6. The molecule has 0 unspecified atom stereocenters. The zero-order valence-corrected chi connectivity index (χ0v) is 21.5. The SMILES string of the molecule is C=CC(=O)N1CC2(CCN(c3cnc(Oc4ccccc4)c(-c4c(C)ccc5cnn(C)c45)c3C#N)C2)C1. The van der Waals surface area contributed by atoms with Gasteiger partial charge in [0.05, 0.1) is 34.7 Å². The summed E-state index contributed by atoms with van der Waals surface area (Å²) in [5, 5.41) is 16.1. The van der Waals surface area contributed by atoms with Crippen LogP contribution in [0.25, 0.3) is 22.0 Å². The average Bonchev–Trinajstić information content (AvgIpc) is 3.52. The summed E-state index contributed by atoms with van der Waals surface area (Å²) < 4.78 is 8.14. The van der Waals surface area contributed by atoms with E-state index in [2.05, 4.69) is 22.6 Å². The summed E-state index contributed by atoms with van der Waals surface area (Å²) in [7, 11) is 1.91. The van der Waals surface area contributed by atoms with E-state index in [1.165, 1.54) is 6.08 Å². The van der Waals surface area contributed by atoms with Crippen LogP contribution in [-0.4, -0.2) is 51.8 Å². The monoisotopic (exact) mass is 504 g/mol. The molecule has 1 spiro atoms. The number of nitriles is 1. The van der Waals surface area contributed by atoms with E-state index in [0.717, 1.165) is 47.2 Å². The Hall–Kier alpha value is -4.64. The molecule has 2 saturated heterocycles. The van der Waals surface area contributed by atoms with E-state index in [-0.39, 0.29) is 11.3 Å². The van der Waals surface area contributed by atoms with Crippen LogP contribution in [0, 0.1) is 23.7 Å². The molecule has 1 amide bonds. The first-order valence-electron chi connectivity index (χ1n) is 12.7. The average molecular weight is 505 g/mol. The van der Waals surface area contributed by atoms with Crippen molar-refractivity contribution in [3.05, 3.63) is 78.6 Å². The quantitative estimate of drug-likeness (QED) is 0.362. The molecule has 38 heavy (non-hydrogen) atoms. The second-order valence-electron chi connectivity index (χ2n) is 10.3. The largest absolute Gasteiger partial charge is 0.438 e. The molecule has 4 heterocycles. The van der Waals surface area contributed by atoms with Gasteiger partial charge in [-0.25, -0.2) is 4.98 Å². The number of hydrogen-bond acceptors (Lipinski definition) is 6. The highest BCUT2D eigenvalue weighted by molar-refractivity contribution is 5.99. The predicted molar refractivity (Wildman–Crippen MR) is 146 cm³/mol. The van der Waals surface area contributed by atoms with Gasteiger partial charge in [-0.1, -0.05) is 36.9 Å². The maximum absolute atomic E-state index is 12.0. The van der Waals surface area contributed by atoms with Gasteiger partial charge in [-0.2, -0.15) is 10.4 Å². The Bertz CT molecular complexity index is 1610. The molecule has 0 atom stereocenters. The highest BCUT2D eigenvalue weighted by atomic mass is 16.5. The second kappa shape index (κ2) is 9.03. The van der Waals surface area contributed by atoms with Gasteiger partial charge in [-0.3, -0.25) is 9.48 Å². The number of aryl methyl sites for hydroxylation is 2. The number of anilines is 1. The number of fused-ring (bicyclic) bond motifs is 1. The molecule has 2 aliphatic heterocycles. The highest BCUT2D eigenvalue weighted by Gasteiger charge is 2.49. The molecule has 4 aromatic rings. The third kappa shape index (κ3) is 3.79. The van der Waals surface area contributed by atoms with E-state index in [1.807, 2.05) is 72.2 Å². The minimum absolute atomic E-state index is 0.0297. The smallest absolute Gasteiger partial charge is 0.245 e. The van der Waals surface area contributed by atoms with Gasteiger partial charge in [0.2, 0.25) is 11.8 Å². The van der Waals surface area contributed by atoms with Gasteiger partial charge in [0.25, 0.3) is 0 Å². The van der Waals surface area contributed by atoms with Gasteiger partial charge in [0.1, 0.15) is 11.8 Å². The highest BCUT2D eigenvalue weighted by Crippen LogP contribution is 2.46. The van der Waals surface area contributed by atoms with Crippen LogP contribution in [0.5, 0.6) is 11.6 Å². The van der Waals surface area contributed by atoms with Gasteiger partial charge < -0.3 is 14.5 Å². The fourth-order valence-electron chi connectivity index (χ4n) is 5.88. The first-order valence-corrected chi connectivity index (χ1v) is 12.7. The maximum Gasteiger partial charge on any atom is 0.245 e. The fourth-order valence-corrected chi connectivity index (χ4v) is 5.88. The van der Waals surface area contributed by atoms with Crippen molar-refractivity contribution < 1.29 is 9.53 Å². The number of likely N-dealkylation sites (tertiary alicyclic amines) is 1. The summed E-state index contributed by atoms with van der Waals surface area (Å²) >= 11 is 0. The molecule has 2 aromatic heterocycles. The molecule has 0 N–H and O–H groups in total. The molecule has 8 heteroatoms. The van der Waals surface area contributed by atoms with E-state index in [9.17, 15) is 10.1 Å². The zero-order valence-electron chi connectivity index (χ0n) is 21.5. The number of carbonyl (C=O) groups excluding carboxylic acids is 1. The number of carbonyl (C=O) groups is 1. The van der Waals surface area contributed by atoms with E-state index in [1.54, 1.807) is 6.20 Å². The number of aromatic nitrogens is 3. The minimum atomic E-state index is -0.0297. The molecule has 6 rings (SSSR count). The minimum Gasteiger partial charge on any atom is -0.438 e. The summed E-state index contributed by atoms with van der Waals surface area (Å²) in [6.45, 7) is 8.61. The van der Waals surface area contributed by atoms with Crippen LogP contribution in [0.15, 0.2) is 67.5 Å². The van der Waals surface area contributed by atoms with Crippen LogP contribution in [0.2, 0.25) is 0 Å². The normalized spacial score (nSPS) is 15.9. The van der Waals surface area contributed by atoms with Gasteiger partial charge in [-0.05, 0) is 37.1 Å². The van der Waals surface area contributed by atoms with Crippen molar-refractivity contribution in [2.75, 3.05) is 31.1 Å². The molecule has 0 radical (unpaired) electrons. The molecule has 8 nitrogen and oxygen atoms in total. The number of benzene rings is 2. The molecule has 190 valence electrons. The standard InChI is InChI=1S/C30H28N6O2/c1-4-25(37)36-18-30(19-36)12-13-35(17-30)24-16-32-29(38-22-8-6-5-7-9-22)27(23(24)14-31)26-20(2)10-11-21-15-33-34(3)28(21)26/h4-11,15-16H,1,12-13,17-19H2,2-3H3. The van der Waals surface area contributed by atoms with Gasteiger partial charge in [0, 0.05) is 49.6 Å². The van der Waals surface area contributed by atoms with Crippen molar-refractivity contribution in [2.24, 2.45) is 12.5 Å². The van der Waals surface area contributed by atoms with Gasteiger partial charge >= 0.3 is 0 Å². The summed E-state index contributed by atoms with van der Waals surface area (Å²) in [4.78, 5) is 20.9. The Morgan fingerprint density at radius 2 is 1.92 bits per heavy atom. The third-order valence-electron chi connectivity index (χ3n) is 7.77. The van der Waals surface area contributed by atoms with Crippen molar-refractivity contribution in [3.63, 3.8) is 0 Å². The second-order valence-corrected chi connectivity index (χ2v) is 10.3. The molecule has 2 aromatic carbocycles. The van der Waals surface area contributed by atoms with E-state index >= 15 is 0 Å². The number of rotatable bonds is 5. The Kier molecular flexibility index (Phi) is 5.64. The number of hydrogen-bond donors (Lipinski definition) is 0. The van der Waals surface area contributed by atoms with Crippen molar-refractivity contribution in [1.29, 1.82) is 5.26 Å². The van der Waals surface area contributed by atoms with E-state index in [4.69, 9.17) is 9.72 Å². The van der Waals surface area contributed by atoms with Crippen molar-refractivity contribution >= 4 is 22.5 Å². The molecular formula is C30H28N6O2. The molecule has 0 bridgehead atoms. The molecule has 0 saturated carbocycles. The van der Waals surface area contributed by atoms with Crippen LogP contribution in [0.1, 0.15) is 17.5 Å². The summed E-state index contributed by atoms with van der Waals surface area (Å²) in [6, 6.07) is 16.1. The van der Waals surface area contributed by atoms with Gasteiger partial charge in [-0.15, -0.1) is 0 Å². The Balaban J connectivity index is 1.48. The van der Waals surface area contributed by atoms with Crippen LogP contribution >= 0.6 is 0 Å². The Morgan fingerprint density at radius 3 is 2.66 bits per heavy atom. The lowest BCUT2D eigenvalue weighted by Gasteiger charge is -2.47. The first-order chi connectivity index (χ1) is 18.4. The van der Waals surface area contributed by atoms with E-state index in [0.29, 0.717) is 35.8 Å². The van der Waals surface area contributed by atoms with Crippen LogP contribution in [-0.2, 0) is 11.8 Å². The Morgan fingerprint density at radius 1 is 1.13 bits per heavy atom. The third-order valence-corrected chi connectivity index (χ3v) is 7.77. The lowest BCUT2D eigenvalue weighted by Crippen LogP contribution is -2.59. The molecular weight excluding hydrogens is 476 g/mol. The van der Waals surface area contributed by atoms with Crippen LogP contribution < -0.4 is 9.64 Å². The van der Waals surface area contributed by atoms with E-state index < -0.39 is 0 Å². The Labute approximate surface area is 221 Å². The van der Waals surface area contributed by atoms with Crippen LogP contribution in [0.4, 0.5) is 5.69 Å². The van der Waals surface area contributed by atoms with Gasteiger partial charge in [0.15, 0.2) is 0 Å². The summed E-state index contributed by atoms with van der Waals surface area (Å²) in [6.07, 6.45) is 5.91. The maximum atomic E-state index is 12.0. The summed E-state index contributed by atoms with van der Waals surface area (Å²) in [5.41, 5.74) is 4.82. The number of pyridine rings is 1. The summed E-state index contributed by atoms with van der Waals surface area (Å²) in [5.74, 6) is 1.00. The number of para-hydroxylation sites is 1. The van der Waals surface area contributed by atoms with Crippen molar-refractivity contribution in [3.8, 4) is 28.8 Å². The predicted octanol–water partition coefficient (Wildman–Crippen LogP) is 4.83. The topological polar surface area (TPSA) is 87.3 Å². The zero-order chi connectivity index (χ0) is 26.4. The fraction of sp³-hybridized carbons (Fsp3) is 0.267. The lowest BCUT2D eigenvalue weighted by atomic mass is 9.79. The molecule has 0 aliphatic carbocycles. The lowest BCUT2D eigenvalue weighted by molar-refractivity contribution is -0.136. The first kappa shape index (κ1) is 23.7. The molecule has 2 fully saturated rings. The molecule has 2 aliphatic rings. The van der Waals surface area contributed by atoms with Crippen LogP contribution in [0.3, 0.4) is 0 Å².